The minimum absolute atomic E-state index is 0.490. The summed E-state index contributed by atoms with van der Waals surface area (Å²) in [5.41, 5.74) is 4.32. The van der Waals surface area contributed by atoms with Crippen molar-refractivity contribution in [3.8, 4) is 6.07 Å². The molecule has 0 unspecified atom stereocenters. The standard InChI is InChI=1S/C12H14N2/c1-9(2)10(3)6-11-4-5-14-12(7-11)8-13/h4-5,7H,6H2,1-3H3. The Morgan fingerprint density at radius 3 is 2.71 bits per heavy atom. The fraction of sp³-hybridized carbons (Fsp3) is 0.333. The van der Waals surface area contributed by atoms with Crippen LogP contribution in [0.15, 0.2) is 29.5 Å². The Morgan fingerprint density at radius 2 is 2.14 bits per heavy atom. The van der Waals surface area contributed by atoms with Gasteiger partial charge in [-0.2, -0.15) is 5.26 Å². The van der Waals surface area contributed by atoms with Gasteiger partial charge in [0.15, 0.2) is 0 Å². The smallest absolute Gasteiger partial charge is 0.140 e. The van der Waals surface area contributed by atoms with Crippen LogP contribution in [0.4, 0.5) is 0 Å². The molecule has 0 aromatic carbocycles. The molecule has 2 heteroatoms. The van der Waals surface area contributed by atoms with Crippen molar-refractivity contribution in [2.75, 3.05) is 0 Å². The molecule has 0 saturated heterocycles. The number of hydrogen-bond donors (Lipinski definition) is 0. The van der Waals surface area contributed by atoms with Crippen molar-refractivity contribution in [1.29, 1.82) is 5.26 Å². The van der Waals surface area contributed by atoms with Gasteiger partial charge in [0, 0.05) is 6.20 Å². The van der Waals surface area contributed by atoms with Gasteiger partial charge in [0.2, 0.25) is 0 Å². The van der Waals surface area contributed by atoms with Crippen molar-refractivity contribution in [1.82, 2.24) is 4.98 Å². The molecule has 0 N–H and O–H groups in total. The summed E-state index contributed by atoms with van der Waals surface area (Å²) >= 11 is 0. The lowest BCUT2D eigenvalue weighted by Crippen LogP contribution is -1.91. The maximum Gasteiger partial charge on any atom is 0.140 e. The van der Waals surface area contributed by atoms with Crippen molar-refractivity contribution in [3.05, 3.63) is 40.7 Å². The van der Waals surface area contributed by atoms with Gasteiger partial charge in [-0.3, -0.25) is 0 Å². The largest absolute Gasteiger partial charge is 0.246 e. The Kier molecular flexibility index (Phi) is 3.41. The third kappa shape index (κ3) is 2.70. The average molecular weight is 186 g/mol. The highest BCUT2D eigenvalue weighted by Gasteiger charge is 1.98. The summed E-state index contributed by atoms with van der Waals surface area (Å²) in [6.45, 7) is 6.31. The van der Waals surface area contributed by atoms with E-state index in [4.69, 9.17) is 5.26 Å². The number of nitrogens with zero attached hydrogens (tertiary/aromatic N) is 2. The van der Waals surface area contributed by atoms with Crippen molar-refractivity contribution in [3.63, 3.8) is 0 Å². The topological polar surface area (TPSA) is 36.7 Å². The van der Waals surface area contributed by atoms with Gasteiger partial charge in [-0.1, -0.05) is 11.1 Å². The van der Waals surface area contributed by atoms with Gasteiger partial charge in [0.05, 0.1) is 0 Å². The third-order valence-corrected chi connectivity index (χ3v) is 2.26. The quantitative estimate of drug-likeness (QED) is 0.666. The molecule has 0 aliphatic rings. The molecule has 2 nitrogen and oxygen atoms in total. The van der Waals surface area contributed by atoms with Gasteiger partial charge in [-0.15, -0.1) is 0 Å². The lowest BCUT2D eigenvalue weighted by Gasteiger charge is -2.03. The van der Waals surface area contributed by atoms with E-state index in [0.29, 0.717) is 5.69 Å². The second kappa shape index (κ2) is 4.57. The van der Waals surface area contributed by atoms with Crippen LogP contribution in [0.5, 0.6) is 0 Å². The van der Waals surface area contributed by atoms with Crippen LogP contribution in [0, 0.1) is 11.3 Å². The van der Waals surface area contributed by atoms with E-state index in [2.05, 4.69) is 25.8 Å². The summed E-state index contributed by atoms with van der Waals surface area (Å²) in [6.07, 6.45) is 2.59. The maximum absolute atomic E-state index is 8.68. The van der Waals surface area contributed by atoms with Crippen LogP contribution < -0.4 is 0 Å². The van der Waals surface area contributed by atoms with Gasteiger partial charge in [-0.05, 0) is 44.9 Å². The second-order valence-electron chi connectivity index (χ2n) is 3.62. The zero-order chi connectivity index (χ0) is 10.6. The number of nitriles is 1. The SMILES string of the molecule is CC(C)=C(C)Cc1ccnc(C#N)c1. The van der Waals surface area contributed by atoms with Gasteiger partial charge in [0.1, 0.15) is 11.8 Å². The molecular formula is C12H14N2. The van der Waals surface area contributed by atoms with Crippen LogP contribution in [0.25, 0.3) is 0 Å². The van der Waals surface area contributed by atoms with Gasteiger partial charge in [0.25, 0.3) is 0 Å². The Balaban J connectivity index is 2.89. The van der Waals surface area contributed by atoms with Gasteiger partial charge >= 0.3 is 0 Å². The lowest BCUT2D eigenvalue weighted by molar-refractivity contribution is 1.07. The van der Waals surface area contributed by atoms with Crippen molar-refractivity contribution < 1.29 is 0 Å². The van der Waals surface area contributed by atoms with Crippen LogP contribution in [0.3, 0.4) is 0 Å². The molecule has 14 heavy (non-hydrogen) atoms. The fourth-order valence-corrected chi connectivity index (χ4v) is 1.13. The molecule has 0 radical (unpaired) electrons. The predicted molar refractivity (Wildman–Crippen MR) is 56.7 cm³/mol. The number of allylic oxidation sites excluding steroid dienone is 2. The Labute approximate surface area is 84.9 Å². The summed E-state index contributed by atoms with van der Waals surface area (Å²) in [7, 11) is 0. The highest BCUT2D eigenvalue weighted by molar-refractivity contribution is 5.28. The molecule has 1 rings (SSSR count). The van der Waals surface area contributed by atoms with Crippen molar-refractivity contribution in [2.24, 2.45) is 0 Å². The summed E-state index contributed by atoms with van der Waals surface area (Å²) < 4.78 is 0. The lowest BCUT2D eigenvalue weighted by atomic mass is 10.0. The molecule has 0 aliphatic carbocycles. The monoisotopic (exact) mass is 186 g/mol. The Bertz CT molecular complexity index is 393. The molecule has 0 fully saturated rings. The normalized spacial score (nSPS) is 9.29. The molecule has 0 bridgehead atoms. The summed E-state index contributed by atoms with van der Waals surface area (Å²) in [5, 5.41) is 8.68. The number of rotatable bonds is 2. The van der Waals surface area contributed by atoms with Crippen LogP contribution in [0.1, 0.15) is 32.0 Å². The molecule has 0 spiro atoms. The number of pyridine rings is 1. The van der Waals surface area contributed by atoms with Crippen LogP contribution in [-0.2, 0) is 6.42 Å². The van der Waals surface area contributed by atoms with Crippen LogP contribution >= 0.6 is 0 Å². The van der Waals surface area contributed by atoms with E-state index in [1.165, 1.54) is 11.1 Å². The highest BCUT2D eigenvalue weighted by Crippen LogP contribution is 2.11. The molecule has 1 aromatic heterocycles. The van der Waals surface area contributed by atoms with Gasteiger partial charge in [-0.25, -0.2) is 4.98 Å². The molecule has 0 saturated carbocycles. The van der Waals surface area contributed by atoms with Crippen LogP contribution in [0.2, 0.25) is 0 Å². The molecule has 0 aliphatic heterocycles. The first-order valence-electron chi connectivity index (χ1n) is 4.61. The van der Waals surface area contributed by atoms with E-state index < -0.39 is 0 Å². The predicted octanol–water partition coefficient (Wildman–Crippen LogP) is 2.85. The number of aromatic nitrogens is 1. The van der Waals surface area contributed by atoms with E-state index in [-0.39, 0.29) is 0 Å². The Morgan fingerprint density at radius 1 is 1.43 bits per heavy atom. The average Bonchev–Trinajstić information content (AvgIpc) is 2.18. The van der Waals surface area contributed by atoms with E-state index in [1.54, 1.807) is 6.20 Å². The highest BCUT2D eigenvalue weighted by atomic mass is 14.7. The second-order valence-corrected chi connectivity index (χ2v) is 3.62. The zero-order valence-electron chi connectivity index (χ0n) is 8.83. The molecule has 0 atom stereocenters. The summed E-state index contributed by atoms with van der Waals surface area (Å²) in [4.78, 5) is 3.93. The van der Waals surface area contributed by atoms with Crippen LogP contribution in [-0.4, -0.2) is 4.98 Å². The first kappa shape index (κ1) is 10.5. The summed E-state index contributed by atoms with van der Waals surface area (Å²) in [5.74, 6) is 0. The maximum atomic E-state index is 8.68. The third-order valence-electron chi connectivity index (χ3n) is 2.26. The minimum Gasteiger partial charge on any atom is -0.246 e. The Hall–Kier alpha value is -1.62. The molecule has 72 valence electrons. The molecule has 0 amide bonds. The fourth-order valence-electron chi connectivity index (χ4n) is 1.13. The van der Waals surface area contributed by atoms with E-state index >= 15 is 0 Å². The van der Waals surface area contributed by atoms with Gasteiger partial charge < -0.3 is 0 Å². The molecule has 1 heterocycles. The van der Waals surface area contributed by atoms with Crippen molar-refractivity contribution in [2.45, 2.75) is 27.2 Å². The first-order valence-corrected chi connectivity index (χ1v) is 4.61. The minimum atomic E-state index is 0.490. The molecule has 1 aromatic rings. The first-order chi connectivity index (χ1) is 6.63. The van der Waals surface area contributed by atoms with E-state index in [1.807, 2.05) is 18.2 Å². The summed E-state index contributed by atoms with van der Waals surface area (Å²) in [6, 6.07) is 5.83. The van der Waals surface area contributed by atoms with E-state index in [9.17, 15) is 0 Å². The van der Waals surface area contributed by atoms with Crippen molar-refractivity contribution >= 4 is 0 Å². The molecular weight excluding hydrogens is 172 g/mol. The number of hydrogen-bond acceptors (Lipinski definition) is 2. The van der Waals surface area contributed by atoms with E-state index in [0.717, 1.165) is 12.0 Å². The zero-order valence-corrected chi connectivity index (χ0v) is 8.83.